The predicted octanol–water partition coefficient (Wildman–Crippen LogP) is 4.56. The fourth-order valence-corrected chi connectivity index (χ4v) is 2.37. The Morgan fingerprint density at radius 3 is 2.12 bits per heavy atom. The van der Waals surface area contributed by atoms with Gasteiger partial charge in [0.05, 0.1) is 7.11 Å². The molecular formula is C18H18F3NO2. The van der Waals surface area contributed by atoms with Crippen molar-refractivity contribution in [3.8, 4) is 5.75 Å². The molecule has 2 aromatic carbocycles. The van der Waals surface area contributed by atoms with Gasteiger partial charge in [0, 0.05) is 17.2 Å². The summed E-state index contributed by atoms with van der Waals surface area (Å²) in [5, 5.41) is 2.42. The maximum Gasteiger partial charge on any atom is 0.409 e. The lowest BCUT2D eigenvalue weighted by atomic mass is 9.91. The van der Waals surface area contributed by atoms with Crippen LogP contribution in [-0.4, -0.2) is 25.1 Å². The van der Waals surface area contributed by atoms with Crippen molar-refractivity contribution in [3.63, 3.8) is 0 Å². The zero-order valence-corrected chi connectivity index (χ0v) is 13.3. The number of benzene rings is 2. The molecule has 0 aliphatic heterocycles. The van der Waals surface area contributed by atoms with E-state index in [9.17, 15) is 18.0 Å². The lowest BCUT2D eigenvalue weighted by Crippen LogP contribution is -2.44. The molecule has 0 bridgehead atoms. The van der Waals surface area contributed by atoms with Crippen molar-refractivity contribution >= 4 is 11.5 Å². The van der Waals surface area contributed by atoms with Gasteiger partial charge in [-0.1, -0.05) is 37.3 Å². The first-order valence-electron chi connectivity index (χ1n) is 7.39. The number of nitrogens with one attached hydrogen (secondary N) is 1. The molecule has 3 nitrogen and oxygen atoms in total. The van der Waals surface area contributed by atoms with Gasteiger partial charge in [-0.2, -0.15) is 13.2 Å². The van der Waals surface area contributed by atoms with Gasteiger partial charge in [-0.3, -0.25) is 4.79 Å². The Hall–Kier alpha value is -2.50. The van der Waals surface area contributed by atoms with E-state index in [0.717, 1.165) is 0 Å². The van der Waals surface area contributed by atoms with Crippen LogP contribution in [-0.2, 0) is 0 Å². The van der Waals surface area contributed by atoms with Crippen LogP contribution >= 0.6 is 0 Å². The van der Waals surface area contributed by atoms with E-state index in [0.29, 0.717) is 5.75 Å². The van der Waals surface area contributed by atoms with E-state index in [2.05, 4.69) is 5.32 Å². The average Bonchev–Trinajstić information content (AvgIpc) is 2.58. The number of ether oxygens (including phenoxy) is 1. The molecule has 0 heterocycles. The summed E-state index contributed by atoms with van der Waals surface area (Å²) in [7, 11) is 1.47. The molecule has 0 fully saturated rings. The van der Waals surface area contributed by atoms with E-state index < -0.39 is 23.9 Å². The lowest BCUT2D eigenvalue weighted by Gasteiger charge is -2.27. The third kappa shape index (κ3) is 4.28. The molecule has 0 aliphatic carbocycles. The van der Waals surface area contributed by atoms with Gasteiger partial charge in [0.2, 0.25) is 0 Å². The second-order valence-electron chi connectivity index (χ2n) is 5.41. The zero-order valence-electron chi connectivity index (χ0n) is 13.3. The van der Waals surface area contributed by atoms with Crippen molar-refractivity contribution in [1.82, 2.24) is 0 Å². The first kappa shape index (κ1) is 17.8. The molecule has 128 valence electrons. The Bertz CT molecular complexity index is 669. The van der Waals surface area contributed by atoms with Gasteiger partial charge in [0.15, 0.2) is 5.78 Å². The minimum absolute atomic E-state index is 0.260. The highest BCUT2D eigenvalue weighted by Crippen LogP contribution is 2.31. The van der Waals surface area contributed by atoms with Crippen LogP contribution in [0, 0.1) is 5.92 Å². The fourth-order valence-electron chi connectivity index (χ4n) is 2.37. The smallest absolute Gasteiger partial charge is 0.409 e. The highest BCUT2D eigenvalue weighted by Gasteiger charge is 2.45. The van der Waals surface area contributed by atoms with Crippen LogP contribution in [0.15, 0.2) is 54.6 Å². The number of ketones is 1. The zero-order chi connectivity index (χ0) is 17.7. The van der Waals surface area contributed by atoms with Crippen LogP contribution in [0.25, 0.3) is 0 Å². The predicted molar refractivity (Wildman–Crippen MR) is 86.4 cm³/mol. The van der Waals surface area contributed by atoms with E-state index in [1.807, 2.05) is 0 Å². The van der Waals surface area contributed by atoms with Crippen molar-refractivity contribution in [3.05, 3.63) is 60.2 Å². The number of rotatable bonds is 6. The number of halogens is 3. The second-order valence-corrected chi connectivity index (χ2v) is 5.41. The van der Waals surface area contributed by atoms with Gasteiger partial charge < -0.3 is 10.1 Å². The number of anilines is 1. The van der Waals surface area contributed by atoms with Crippen LogP contribution < -0.4 is 10.1 Å². The normalized spacial score (nSPS) is 13.9. The number of hydrogen-bond donors (Lipinski definition) is 1. The third-order valence-corrected chi connectivity index (χ3v) is 3.74. The maximum atomic E-state index is 13.4. The largest absolute Gasteiger partial charge is 0.497 e. The molecular weight excluding hydrogens is 319 g/mol. The quantitative estimate of drug-likeness (QED) is 0.786. The number of hydrogen-bond acceptors (Lipinski definition) is 3. The summed E-state index contributed by atoms with van der Waals surface area (Å²) in [4.78, 5) is 12.4. The number of methoxy groups -OCH3 is 1. The minimum atomic E-state index is -4.57. The molecule has 0 saturated heterocycles. The Kier molecular flexibility index (Phi) is 5.49. The molecule has 0 saturated carbocycles. The van der Waals surface area contributed by atoms with Gasteiger partial charge in [-0.15, -0.1) is 0 Å². The Balaban J connectivity index is 2.22. The first-order chi connectivity index (χ1) is 11.3. The van der Waals surface area contributed by atoms with E-state index >= 15 is 0 Å². The van der Waals surface area contributed by atoms with Crippen molar-refractivity contribution in [2.45, 2.75) is 19.1 Å². The van der Waals surface area contributed by atoms with Gasteiger partial charge in [-0.25, -0.2) is 0 Å². The molecule has 0 aliphatic rings. The molecule has 2 rings (SSSR count). The Labute approximate surface area is 138 Å². The monoisotopic (exact) mass is 337 g/mol. The fraction of sp³-hybridized carbons (Fsp3) is 0.278. The summed E-state index contributed by atoms with van der Waals surface area (Å²) in [6.45, 7) is 1.28. The summed E-state index contributed by atoms with van der Waals surface area (Å²) < 4.78 is 45.3. The summed E-state index contributed by atoms with van der Waals surface area (Å²) in [6, 6.07) is 12.1. The van der Waals surface area contributed by atoms with Crippen LogP contribution in [0.2, 0.25) is 0 Å². The number of carbonyl (C=O) groups is 1. The summed E-state index contributed by atoms with van der Waals surface area (Å²) in [5.41, 5.74) is 0.529. The van der Waals surface area contributed by atoms with Crippen molar-refractivity contribution < 1.29 is 22.7 Å². The summed E-state index contributed by atoms with van der Waals surface area (Å²) in [5.74, 6) is -1.29. The minimum Gasteiger partial charge on any atom is -0.497 e. The molecule has 2 atom stereocenters. The molecule has 24 heavy (non-hydrogen) atoms. The van der Waals surface area contributed by atoms with Crippen molar-refractivity contribution in [2.24, 2.45) is 5.92 Å². The van der Waals surface area contributed by atoms with Gasteiger partial charge >= 0.3 is 6.18 Å². The van der Waals surface area contributed by atoms with E-state index in [4.69, 9.17) is 4.74 Å². The molecule has 2 unspecified atom stereocenters. The number of alkyl halides is 3. The molecule has 0 spiro atoms. The Morgan fingerprint density at radius 1 is 1.04 bits per heavy atom. The first-order valence-corrected chi connectivity index (χ1v) is 7.39. The second kappa shape index (κ2) is 7.38. The lowest BCUT2D eigenvalue weighted by molar-refractivity contribution is -0.148. The molecule has 1 N–H and O–H groups in total. The number of Topliss-reactive ketones (excluding diaryl/α,β-unsaturated/α-hetero) is 1. The Morgan fingerprint density at radius 2 is 1.62 bits per heavy atom. The van der Waals surface area contributed by atoms with Crippen LogP contribution in [0.4, 0.5) is 18.9 Å². The molecule has 0 radical (unpaired) electrons. The van der Waals surface area contributed by atoms with Gasteiger partial charge in [-0.05, 0) is 24.3 Å². The van der Waals surface area contributed by atoms with E-state index in [1.54, 1.807) is 30.3 Å². The van der Waals surface area contributed by atoms with Crippen LogP contribution in [0.1, 0.15) is 17.3 Å². The third-order valence-electron chi connectivity index (χ3n) is 3.74. The highest BCUT2D eigenvalue weighted by molar-refractivity contribution is 5.98. The standard InChI is InChI=1S/C18H18F3NO2/c1-12(16(23)13-6-4-3-5-7-13)17(18(19,20)21)22-14-8-10-15(24-2)11-9-14/h3-12,17,22H,1-2H3. The SMILES string of the molecule is COc1ccc(NC(C(C)C(=O)c2ccccc2)C(F)(F)F)cc1. The maximum absolute atomic E-state index is 13.4. The average molecular weight is 337 g/mol. The van der Waals surface area contributed by atoms with Crippen LogP contribution in [0.5, 0.6) is 5.75 Å². The highest BCUT2D eigenvalue weighted by atomic mass is 19.4. The van der Waals surface area contributed by atoms with E-state index in [1.165, 1.54) is 38.3 Å². The van der Waals surface area contributed by atoms with Crippen molar-refractivity contribution in [2.75, 3.05) is 12.4 Å². The molecule has 0 aromatic heterocycles. The van der Waals surface area contributed by atoms with Gasteiger partial charge in [0.25, 0.3) is 0 Å². The van der Waals surface area contributed by atoms with Gasteiger partial charge in [0.1, 0.15) is 11.8 Å². The topological polar surface area (TPSA) is 38.3 Å². The molecule has 6 heteroatoms. The molecule has 0 amide bonds. The van der Waals surface area contributed by atoms with Crippen LogP contribution in [0.3, 0.4) is 0 Å². The van der Waals surface area contributed by atoms with E-state index in [-0.39, 0.29) is 11.3 Å². The molecule has 2 aromatic rings. The number of carbonyl (C=O) groups excluding carboxylic acids is 1. The van der Waals surface area contributed by atoms with Crippen molar-refractivity contribution in [1.29, 1.82) is 0 Å². The summed E-state index contributed by atoms with van der Waals surface area (Å²) >= 11 is 0. The summed E-state index contributed by atoms with van der Waals surface area (Å²) in [6.07, 6.45) is -4.57.